The molecule has 9 nitrogen and oxygen atoms in total. The average Bonchev–Trinajstić information content (AvgIpc) is 3.28. The molecule has 1 aliphatic heterocycles. The number of aromatic nitrogens is 4. The van der Waals surface area contributed by atoms with Gasteiger partial charge in [0.05, 0.1) is 23.4 Å². The second-order valence-corrected chi connectivity index (χ2v) is 7.56. The molecule has 4 rings (SSSR count). The number of aromatic carboxylic acids is 1. The van der Waals surface area contributed by atoms with Gasteiger partial charge in [-0.3, -0.25) is 14.8 Å². The van der Waals surface area contributed by atoms with Crippen LogP contribution < -0.4 is 10.1 Å². The SMILES string of the molecule is C=CCC1CCCOc2cc(C(=O)O)cc3nc(NC(=O)c4cc(C)nn4CC)n1c23. The average molecular weight is 423 g/mol. The maximum atomic E-state index is 13.1. The van der Waals surface area contributed by atoms with E-state index in [-0.39, 0.29) is 17.5 Å². The fourth-order valence-electron chi connectivity index (χ4n) is 4.05. The molecule has 0 radical (unpaired) electrons. The van der Waals surface area contributed by atoms with Crippen LogP contribution in [0.4, 0.5) is 5.95 Å². The minimum absolute atomic E-state index is 0.00829. The number of ether oxygens (including phenoxy) is 1. The van der Waals surface area contributed by atoms with E-state index in [1.165, 1.54) is 12.1 Å². The summed E-state index contributed by atoms with van der Waals surface area (Å²) in [6.45, 7) is 8.67. The third-order valence-electron chi connectivity index (χ3n) is 5.40. The lowest BCUT2D eigenvalue weighted by atomic mass is 10.1. The molecule has 0 saturated carbocycles. The molecule has 0 aliphatic carbocycles. The fraction of sp³-hybridized carbons (Fsp3) is 0.364. The smallest absolute Gasteiger partial charge is 0.335 e. The van der Waals surface area contributed by atoms with Gasteiger partial charge in [0.25, 0.3) is 5.91 Å². The first kappa shape index (κ1) is 20.6. The van der Waals surface area contributed by atoms with Crippen LogP contribution in [0.1, 0.15) is 58.8 Å². The monoisotopic (exact) mass is 423 g/mol. The third kappa shape index (κ3) is 3.78. The Morgan fingerprint density at radius 1 is 1.39 bits per heavy atom. The number of hydrogen-bond donors (Lipinski definition) is 2. The van der Waals surface area contributed by atoms with Crippen molar-refractivity contribution in [2.75, 3.05) is 11.9 Å². The first-order chi connectivity index (χ1) is 14.9. The number of carbonyl (C=O) groups is 2. The molecule has 0 saturated heterocycles. The summed E-state index contributed by atoms with van der Waals surface area (Å²) in [5, 5.41) is 16.7. The van der Waals surface area contributed by atoms with E-state index >= 15 is 0 Å². The van der Waals surface area contributed by atoms with Crippen LogP contribution in [0, 0.1) is 6.92 Å². The van der Waals surface area contributed by atoms with Gasteiger partial charge in [0.2, 0.25) is 5.95 Å². The zero-order valence-electron chi connectivity index (χ0n) is 17.6. The maximum absolute atomic E-state index is 13.1. The number of carboxylic acid groups (broad SMARTS) is 1. The normalized spacial score (nSPS) is 15.7. The molecule has 1 atom stereocenters. The zero-order valence-corrected chi connectivity index (χ0v) is 17.6. The predicted molar refractivity (Wildman–Crippen MR) is 116 cm³/mol. The second-order valence-electron chi connectivity index (χ2n) is 7.56. The van der Waals surface area contributed by atoms with Gasteiger partial charge in [-0.2, -0.15) is 5.10 Å². The number of anilines is 1. The zero-order chi connectivity index (χ0) is 22.1. The van der Waals surface area contributed by atoms with Crippen LogP contribution in [-0.4, -0.2) is 42.9 Å². The minimum Gasteiger partial charge on any atom is -0.491 e. The number of carboxylic acids is 1. The van der Waals surface area contributed by atoms with Gasteiger partial charge in [-0.1, -0.05) is 6.08 Å². The van der Waals surface area contributed by atoms with E-state index < -0.39 is 5.97 Å². The largest absolute Gasteiger partial charge is 0.491 e. The molecule has 1 aromatic carbocycles. The van der Waals surface area contributed by atoms with Gasteiger partial charge in [-0.25, -0.2) is 9.78 Å². The molecule has 0 bridgehead atoms. The van der Waals surface area contributed by atoms with Gasteiger partial charge in [0.1, 0.15) is 17.0 Å². The summed E-state index contributed by atoms with van der Waals surface area (Å²) in [6, 6.07) is 4.76. The number of allylic oxidation sites excluding steroid dienone is 1. The molecule has 2 N–H and O–H groups in total. The molecule has 3 heterocycles. The van der Waals surface area contributed by atoms with Crippen LogP contribution in [0.15, 0.2) is 30.9 Å². The van der Waals surface area contributed by atoms with Crippen molar-refractivity contribution in [3.05, 3.63) is 47.8 Å². The van der Waals surface area contributed by atoms with Crippen molar-refractivity contribution in [2.45, 2.75) is 45.7 Å². The first-order valence-corrected chi connectivity index (χ1v) is 10.3. The summed E-state index contributed by atoms with van der Waals surface area (Å²) in [4.78, 5) is 29.3. The summed E-state index contributed by atoms with van der Waals surface area (Å²) in [5.74, 6) is -0.586. The van der Waals surface area contributed by atoms with Crippen LogP contribution >= 0.6 is 0 Å². The lowest BCUT2D eigenvalue weighted by Crippen LogP contribution is -2.22. The van der Waals surface area contributed by atoms with Gasteiger partial charge >= 0.3 is 5.97 Å². The van der Waals surface area contributed by atoms with Gasteiger partial charge in [-0.15, -0.1) is 6.58 Å². The van der Waals surface area contributed by atoms with Crippen LogP contribution in [0.25, 0.3) is 11.0 Å². The number of rotatable bonds is 6. The van der Waals surface area contributed by atoms with E-state index in [9.17, 15) is 14.7 Å². The van der Waals surface area contributed by atoms with Gasteiger partial charge in [-0.05, 0) is 51.3 Å². The standard InChI is InChI=1S/C22H25N5O4/c1-4-7-15-8-6-9-31-18-12-14(21(29)30)11-16-19(18)27(15)22(23-16)24-20(28)17-10-13(3)25-26(17)5-2/h4,10-12,15H,1,5-9H2,2-3H3,(H,29,30)(H,23,24,28). The molecule has 0 fully saturated rings. The Kier molecular flexibility index (Phi) is 5.50. The highest BCUT2D eigenvalue weighted by atomic mass is 16.5. The maximum Gasteiger partial charge on any atom is 0.335 e. The molecular weight excluding hydrogens is 398 g/mol. The molecule has 0 spiro atoms. The molecule has 162 valence electrons. The minimum atomic E-state index is -1.06. The molecule has 3 aromatic rings. The predicted octanol–water partition coefficient (Wildman–Crippen LogP) is 3.80. The van der Waals surface area contributed by atoms with E-state index in [1.54, 1.807) is 10.7 Å². The Morgan fingerprint density at radius 3 is 2.90 bits per heavy atom. The number of aryl methyl sites for hydroxylation is 2. The number of nitrogens with one attached hydrogen (secondary N) is 1. The van der Waals surface area contributed by atoms with Crippen LogP contribution in [-0.2, 0) is 6.54 Å². The summed E-state index contributed by atoms with van der Waals surface area (Å²) < 4.78 is 9.46. The van der Waals surface area contributed by atoms with E-state index in [2.05, 4.69) is 22.0 Å². The van der Waals surface area contributed by atoms with Crippen molar-refractivity contribution in [3.8, 4) is 5.75 Å². The van der Waals surface area contributed by atoms with E-state index in [0.717, 1.165) is 18.5 Å². The van der Waals surface area contributed by atoms with Gasteiger partial charge < -0.3 is 14.4 Å². The van der Waals surface area contributed by atoms with Crippen molar-refractivity contribution in [2.24, 2.45) is 0 Å². The summed E-state index contributed by atoms with van der Waals surface area (Å²) in [5.41, 5.74) is 2.41. The highest BCUT2D eigenvalue weighted by molar-refractivity contribution is 6.04. The Morgan fingerprint density at radius 2 is 2.19 bits per heavy atom. The Bertz CT molecular complexity index is 1180. The van der Waals surface area contributed by atoms with Crippen LogP contribution in [0.3, 0.4) is 0 Å². The Balaban J connectivity index is 1.87. The van der Waals surface area contributed by atoms with Crippen molar-refractivity contribution < 1.29 is 19.4 Å². The molecule has 1 amide bonds. The number of benzene rings is 1. The lowest BCUT2D eigenvalue weighted by Gasteiger charge is -2.24. The highest BCUT2D eigenvalue weighted by Gasteiger charge is 2.26. The topological polar surface area (TPSA) is 111 Å². The number of amides is 1. The van der Waals surface area contributed by atoms with E-state index in [4.69, 9.17) is 4.74 Å². The van der Waals surface area contributed by atoms with Crippen LogP contribution in [0.5, 0.6) is 5.75 Å². The Hall–Kier alpha value is -3.62. The van der Waals surface area contributed by atoms with E-state index in [0.29, 0.717) is 48.0 Å². The highest BCUT2D eigenvalue weighted by Crippen LogP contribution is 2.37. The summed E-state index contributed by atoms with van der Waals surface area (Å²) >= 11 is 0. The molecule has 1 aliphatic rings. The summed E-state index contributed by atoms with van der Waals surface area (Å²) in [7, 11) is 0. The molecule has 2 aromatic heterocycles. The van der Waals surface area contributed by atoms with Gasteiger partial charge in [0, 0.05) is 12.6 Å². The number of carbonyl (C=O) groups excluding carboxylic acids is 1. The van der Waals surface area contributed by atoms with Crippen molar-refractivity contribution in [1.29, 1.82) is 0 Å². The lowest BCUT2D eigenvalue weighted by molar-refractivity contribution is 0.0696. The third-order valence-corrected chi connectivity index (χ3v) is 5.40. The van der Waals surface area contributed by atoms with Gasteiger partial charge in [0.15, 0.2) is 0 Å². The summed E-state index contributed by atoms with van der Waals surface area (Å²) in [6.07, 6.45) is 4.11. The Labute approximate surface area is 179 Å². The quantitative estimate of drug-likeness (QED) is 0.584. The molecule has 1 unspecified atom stereocenters. The van der Waals surface area contributed by atoms with Crippen molar-refractivity contribution >= 4 is 28.9 Å². The number of hydrogen-bond acceptors (Lipinski definition) is 5. The second kappa shape index (κ2) is 8.25. The first-order valence-electron chi connectivity index (χ1n) is 10.3. The number of imidazole rings is 1. The molecule has 31 heavy (non-hydrogen) atoms. The van der Waals surface area contributed by atoms with Crippen molar-refractivity contribution in [3.63, 3.8) is 0 Å². The fourth-order valence-corrected chi connectivity index (χ4v) is 4.05. The molecule has 9 heteroatoms. The van der Waals surface area contributed by atoms with E-state index in [1.807, 2.05) is 24.5 Å². The molecular formula is C22H25N5O4. The van der Waals surface area contributed by atoms with Crippen molar-refractivity contribution in [1.82, 2.24) is 19.3 Å². The van der Waals surface area contributed by atoms with Crippen LogP contribution in [0.2, 0.25) is 0 Å². The number of nitrogens with zero attached hydrogens (tertiary/aromatic N) is 4.